The first kappa shape index (κ1) is 11.1. The fourth-order valence-electron chi connectivity index (χ4n) is 2.76. The molecule has 1 unspecified atom stereocenters. The van der Waals surface area contributed by atoms with E-state index >= 15 is 0 Å². The van der Waals surface area contributed by atoms with Crippen LogP contribution < -0.4 is 5.73 Å². The smallest absolute Gasteiger partial charge is 0.0502 e. The Morgan fingerprint density at radius 2 is 2.12 bits per heavy atom. The van der Waals surface area contributed by atoms with Crippen LogP contribution in [0.15, 0.2) is 24.4 Å². The summed E-state index contributed by atoms with van der Waals surface area (Å²) in [5.41, 5.74) is 8.78. The van der Waals surface area contributed by atoms with Crippen LogP contribution in [-0.2, 0) is 12.5 Å². The molecule has 0 saturated heterocycles. The monoisotopic (exact) mass is 248 g/mol. The van der Waals surface area contributed by atoms with Crippen LogP contribution in [0.2, 0.25) is 5.02 Å². The lowest BCUT2D eigenvalue weighted by atomic mass is 9.89. The van der Waals surface area contributed by atoms with Gasteiger partial charge in [0.1, 0.15) is 0 Å². The molecule has 2 N–H and O–H groups in total. The van der Waals surface area contributed by atoms with Gasteiger partial charge in [0.25, 0.3) is 0 Å². The molecule has 1 aliphatic rings. The Kier molecular flexibility index (Phi) is 2.29. The topological polar surface area (TPSA) is 30.9 Å². The van der Waals surface area contributed by atoms with Crippen LogP contribution in [0.4, 0.5) is 0 Å². The molecule has 1 atom stereocenters. The molecule has 0 bridgehead atoms. The molecular weight excluding hydrogens is 232 g/mol. The minimum absolute atomic E-state index is 0.169. The molecule has 3 heteroatoms. The number of hydrogen-bond donors (Lipinski definition) is 1. The summed E-state index contributed by atoms with van der Waals surface area (Å²) in [4.78, 5) is 0. The number of hydrogen-bond acceptors (Lipinski definition) is 1. The van der Waals surface area contributed by atoms with E-state index in [9.17, 15) is 0 Å². The average molecular weight is 249 g/mol. The van der Waals surface area contributed by atoms with E-state index in [1.54, 1.807) is 0 Å². The maximum atomic E-state index is 6.36. The zero-order valence-electron chi connectivity index (χ0n) is 10.2. The van der Waals surface area contributed by atoms with Crippen molar-refractivity contribution >= 4 is 22.5 Å². The van der Waals surface area contributed by atoms with Crippen molar-refractivity contribution in [1.29, 1.82) is 0 Å². The number of rotatable bonds is 2. The van der Waals surface area contributed by atoms with Gasteiger partial charge in [-0.05, 0) is 43.5 Å². The standard InChI is InChI=1S/C14H17ClN2/c1-9(16)14(4-5-14)10-7-12(15)11-3-6-17(2)13(11)8-10/h3,6-9H,4-5,16H2,1-2H3. The van der Waals surface area contributed by atoms with Gasteiger partial charge in [0, 0.05) is 35.6 Å². The highest BCUT2D eigenvalue weighted by molar-refractivity contribution is 6.35. The quantitative estimate of drug-likeness (QED) is 0.869. The Balaban J connectivity index is 2.22. The third kappa shape index (κ3) is 1.51. The molecule has 17 heavy (non-hydrogen) atoms. The molecule has 0 spiro atoms. The second-order valence-corrected chi connectivity index (χ2v) is 5.67. The van der Waals surface area contributed by atoms with E-state index in [4.69, 9.17) is 17.3 Å². The van der Waals surface area contributed by atoms with E-state index < -0.39 is 0 Å². The van der Waals surface area contributed by atoms with Crippen molar-refractivity contribution < 1.29 is 0 Å². The summed E-state index contributed by atoms with van der Waals surface area (Å²) < 4.78 is 2.11. The number of fused-ring (bicyclic) bond motifs is 1. The molecule has 1 saturated carbocycles. The highest BCUT2D eigenvalue weighted by atomic mass is 35.5. The molecule has 1 aliphatic carbocycles. The molecule has 1 aromatic heterocycles. The van der Waals surface area contributed by atoms with Crippen molar-refractivity contribution in [2.24, 2.45) is 12.8 Å². The van der Waals surface area contributed by atoms with Gasteiger partial charge >= 0.3 is 0 Å². The Morgan fingerprint density at radius 3 is 2.71 bits per heavy atom. The zero-order chi connectivity index (χ0) is 12.2. The second-order valence-electron chi connectivity index (χ2n) is 5.26. The zero-order valence-corrected chi connectivity index (χ0v) is 11.0. The van der Waals surface area contributed by atoms with Crippen LogP contribution in [-0.4, -0.2) is 10.6 Å². The molecule has 3 rings (SSSR count). The first-order chi connectivity index (χ1) is 8.04. The van der Waals surface area contributed by atoms with Gasteiger partial charge < -0.3 is 10.3 Å². The van der Waals surface area contributed by atoms with Crippen LogP contribution in [0.5, 0.6) is 0 Å². The maximum Gasteiger partial charge on any atom is 0.0502 e. The van der Waals surface area contributed by atoms with E-state index in [1.165, 1.54) is 23.9 Å². The van der Waals surface area contributed by atoms with Crippen molar-refractivity contribution in [1.82, 2.24) is 4.57 Å². The van der Waals surface area contributed by atoms with E-state index in [-0.39, 0.29) is 11.5 Å². The third-order valence-corrected chi connectivity index (χ3v) is 4.50. The molecular formula is C14H17ClN2. The van der Waals surface area contributed by atoms with Gasteiger partial charge in [-0.15, -0.1) is 0 Å². The SMILES string of the molecule is CC(N)C1(c2cc(Cl)c3ccn(C)c3c2)CC1. The Bertz CT molecular complexity index is 579. The van der Waals surface area contributed by atoms with Crippen molar-refractivity contribution in [3.05, 3.63) is 35.0 Å². The van der Waals surface area contributed by atoms with E-state index in [0.717, 1.165) is 10.4 Å². The van der Waals surface area contributed by atoms with Gasteiger partial charge in [0.05, 0.1) is 5.02 Å². The molecule has 2 nitrogen and oxygen atoms in total. The number of benzene rings is 1. The summed E-state index contributed by atoms with van der Waals surface area (Å²) in [6.45, 7) is 2.09. The predicted octanol–water partition coefficient (Wildman–Crippen LogP) is 3.21. The summed E-state index contributed by atoms with van der Waals surface area (Å²) in [6.07, 6.45) is 4.40. The van der Waals surface area contributed by atoms with Crippen molar-refractivity contribution in [3.8, 4) is 0 Å². The van der Waals surface area contributed by atoms with Crippen LogP contribution in [0.25, 0.3) is 10.9 Å². The molecule has 90 valence electrons. The summed E-state index contributed by atoms with van der Waals surface area (Å²) in [5.74, 6) is 0. The first-order valence-electron chi connectivity index (χ1n) is 6.05. The lowest BCUT2D eigenvalue weighted by Crippen LogP contribution is -2.31. The minimum atomic E-state index is 0.169. The van der Waals surface area contributed by atoms with Gasteiger partial charge in [0.2, 0.25) is 0 Å². The highest BCUT2D eigenvalue weighted by Crippen LogP contribution is 2.51. The number of aryl methyl sites for hydroxylation is 1. The fourth-order valence-corrected chi connectivity index (χ4v) is 3.03. The summed E-state index contributed by atoms with van der Waals surface area (Å²) in [7, 11) is 2.05. The lowest BCUT2D eigenvalue weighted by molar-refractivity contribution is 0.557. The molecule has 1 aromatic carbocycles. The minimum Gasteiger partial charge on any atom is -0.350 e. The number of nitrogens with zero attached hydrogens (tertiary/aromatic N) is 1. The normalized spacial score (nSPS) is 19.5. The van der Waals surface area contributed by atoms with Crippen molar-refractivity contribution in [2.75, 3.05) is 0 Å². The Labute approximate surface area is 106 Å². The van der Waals surface area contributed by atoms with E-state index in [1.807, 2.05) is 13.2 Å². The number of halogens is 1. The van der Waals surface area contributed by atoms with Gasteiger partial charge in [-0.1, -0.05) is 11.6 Å². The molecule has 0 amide bonds. The highest BCUT2D eigenvalue weighted by Gasteiger charge is 2.47. The summed E-state index contributed by atoms with van der Waals surface area (Å²) in [5, 5.41) is 1.96. The fraction of sp³-hybridized carbons (Fsp3) is 0.429. The Morgan fingerprint density at radius 1 is 1.41 bits per heavy atom. The summed E-state index contributed by atoms with van der Waals surface area (Å²) in [6, 6.07) is 6.60. The second kappa shape index (κ2) is 3.50. The first-order valence-corrected chi connectivity index (χ1v) is 6.43. The van der Waals surface area contributed by atoms with E-state index in [0.29, 0.717) is 0 Å². The van der Waals surface area contributed by atoms with Crippen LogP contribution in [0.3, 0.4) is 0 Å². The van der Waals surface area contributed by atoms with Gasteiger partial charge in [-0.2, -0.15) is 0 Å². The van der Waals surface area contributed by atoms with Crippen LogP contribution >= 0.6 is 11.6 Å². The van der Waals surface area contributed by atoms with Gasteiger partial charge in [-0.3, -0.25) is 0 Å². The van der Waals surface area contributed by atoms with Crippen LogP contribution in [0.1, 0.15) is 25.3 Å². The maximum absolute atomic E-state index is 6.36. The number of nitrogens with two attached hydrogens (primary N) is 1. The van der Waals surface area contributed by atoms with Gasteiger partial charge in [0.15, 0.2) is 0 Å². The largest absolute Gasteiger partial charge is 0.350 e. The third-order valence-electron chi connectivity index (χ3n) is 4.19. The average Bonchev–Trinajstić information content (AvgIpc) is 3.01. The molecule has 2 aromatic rings. The van der Waals surface area contributed by atoms with Crippen LogP contribution in [0, 0.1) is 0 Å². The molecule has 0 radical (unpaired) electrons. The van der Waals surface area contributed by atoms with Crippen molar-refractivity contribution in [3.63, 3.8) is 0 Å². The Hall–Kier alpha value is -0.990. The lowest BCUT2D eigenvalue weighted by Gasteiger charge is -2.20. The van der Waals surface area contributed by atoms with Gasteiger partial charge in [-0.25, -0.2) is 0 Å². The predicted molar refractivity (Wildman–Crippen MR) is 72.5 cm³/mol. The number of aromatic nitrogens is 1. The summed E-state index contributed by atoms with van der Waals surface area (Å²) >= 11 is 6.36. The molecule has 1 heterocycles. The van der Waals surface area contributed by atoms with Crippen molar-refractivity contribution in [2.45, 2.75) is 31.2 Å². The molecule has 0 aliphatic heterocycles. The molecule has 1 fully saturated rings. The van der Waals surface area contributed by atoms with E-state index in [2.05, 4.69) is 29.7 Å².